The average Bonchev–Trinajstić information content (AvgIpc) is 2.67. The summed E-state index contributed by atoms with van der Waals surface area (Å²) in [7, 11) is 0. The molecular formula is C21H28N4O2. The first-order valence-electron chi connectivity index (χ1n) is 9.33. The zero-order chi connectivity index (χ0) is 19.4. The van der Waals surface area contributed by atoms with Crippen LogP contribution in [-0.4, -0.2) is 47.8 Å². The fraction of sp³-hybridized carbons (Fsp3) is 0.429. The van der Waals surface area contributed by atoms with Crippen molar-refractivity contribution in [1.29, 1.82) is 0 Å². The molecule has 0 aliphatic carbocycles. The standard InChI is InChI=1S/C21H28N4O2/c1-21(2,3)27-20(26)25-13-11-24(12-14-25)18-10-9-17(15-23-18)19(22)16-7-5-4-6-8-16/h4-10,15,19H,11-14,22H2,1-3H3/t19-/m0/s1. The van der Waals surface area contributed by atoms with E-state index in [1.165, 1.54) is 0 Å². The molecule has 0 saturated carbocycles. The molecule has 27 heavy (non-hydrogen) atoms. The molecule has 1 aliphatic heterocycles. The third-order valence-corrected chi connectivity index (χ3v) is 4.54. The minimum atomic E-state index is -0.469. The van der Waals surface area contributed by atoms with Gasteiger partial charge in [0.2, 0.25) is 0 Å². The SMILES string of the molecule is CC(C)(C)OC(=O)N1CCN(c2ccc([C@@H](N)c3ccccc3)cn2)CC1. The fourth-order valence-corrected chi connectivity index (χ4v) is 3.07. The Balaban J connectivity index is 1.58. The Morgan fingerprint density at radius 1 is 1.04 bits per heavy atom. The Morgan fingerprint density at radius 2 is 1.70 bits per heavy atom. The molecule has 1 saturated heterocycles. The minimum Gasteiger partial charge on any atom is -0.444 e. The molecule has 1 atom stereocenters. The van der Waals surface area contributed by atoms with E-state index in [-0.39, 0.29) is 12.1 Å². The second kappa shape index (κ2) is 7.96. The van der Waals surface area contributed by atoms with Crippen LogP contribution in [0.3, 0.4) is 0 Å². The average molecular weight is 368 g/mol. The number of ether oxygens (including phenoxy) is 1. The largest absolute Gasteiger partial charge is 0.444 e. The first kappa shape index (κ1) is 19.2. The van der Waals surface area contributed by atoms with Gasteiger partial charge < -0.3 is 20.3 Å². The maximum absolute atomic E-state index is 12.2. The van der Waals surface area contributed by atoms with Crippen LogP contribution in [0.25, 0.3) is 0 Å². The lowest BCUT2D eigenvalue weighted by Gasteiger charge is -2.36. The second-order valence-electron chi connectivity index (χ2n) is 7.79. The second-order valence-corrected chi connectivity index (χ2v) is 7.79. The molecule has 3 rings (SSSR count). The number of rotatable bonds is 3. The van der Waals surface area contributed by atoms with E-state index < -0.39 is 5.60 Å². The molecule has 2 N–H and O–H groups in total. The Bertz CT molecular complexity index is 748. The number of piperazine rings is 1. The molecule has 0 unspecified atom stereocenters. The number of nitrogens with two attached hydrogens (primary N) is 1. The van der Waals surface area contributed by atoms with Crippen LogP contribution < -0.4 is 10.6 Å². The highest BCUT2D eigenvalue weighted by atomic mass is 16.6. The third kappa shape index (κ3) is 4.98. The van der Waals surface area contributed by atoms with Crippen molar-refractivity contribution in [3.05, 3.63) is 59.8 Å². The van der Waals surface area contributed by atoms with Crippen LogP contribution in [0.2, 0.25) is 0 Å². The lowest BCUT2D eigenvalue weighted by Crippen LogP contribution is -2.50. The van der Waals surface area contributed by atoms with E-state index in [2.05, 4.69) is 9.88 Å². The number of anilines is 1. The van der Waals surface area contributed by atoms with Gasteiger partial charge in [0.25, 0.3) is 0 Å². The van der Waals surface area contributed by atoms with Crippen molar-refractivity contribution in [3.8, 4) is 0 Å². The van der Waals surface area contributed by atoms with Gasteiger partial charge in [-0.3, -0.25) is 0 Å². The van der Waals surface area contributed by atoms with Crippen molar-refractivity contribution in [2.45, 2.75) is 32.4 Å². The summed E-state index contributed by atoms with van der Waals surface area (Å²) in [4.78, 5) is 20.7. The van der Waals surface area contributed by atoms with Crippen molar-refractivity contribution < 1.29 is 9.53 Å². The molecule has 2 heterocycles. The molecular weight excluding hydrogens is 340 g/mol. The van der Waals surface area contributed by atoms with Gasteiger partial charge in [0.1, 0.15) is 11.4 Å². The third-order valence-electron chi connectivity index (χ3n) is 4.54. The molecule has 144 valence electrons. The molecule has 0 radical (unpaired) electrons. The summed E-state index contributed by atoms with van der Waals surface area (Å²) < 4.78 is 5.44. The molecule has 6 nitrogen and oxygen atoms in total. The van der Waals surface area contributed by atoms with Crippen LogP contribution in [0, 0.1) is 0 Å². The predicted octanol–water partition coefficient (Wildman–Crippen LogP) is 3.19. The van der Waals surface area contributed by atoms with Crippen molar-refractivity contribution >= 4 is 11.9 Å². The Hall–Kier alpha value is -2.60. The van der Waals surface area contributed by atoms with Gasteiger partial charge in [0, 0.05) is 32.4 Å². The van der Waals surface area contributed by atoms with E-state index >= 15 is 0 Å². The van der Waals surface area contributed by atoms with Gasteiger partial charge in [-0.05, 0) is 38.0 Å². The van der Waals surface area contributed by atoms with Gasteiger partial charge in [0.15, 0.2) is 0 Å². The molecule has 1 aromatic carbocycles. The van der Waals surface area contributed by atoms with Gasteiger partial charge in [-0.25, -0.2) is 9.78 Å². The van der Waals surface area contributed by atoms with Crippen LogP contribution >= 0.6 is 0 Å². The molecule has 6 heteroatoms. The molecule has 0 spiro atoms. The number of hydrogen-bond acceptors (Lipinski definition) is 5. The van der Waals surface area contributed by atoms with Crippen LogP contribution in [0.15, 0.2) is 48.7 Å². The Morgan fingerprint density at radius 3 is 2.26 bits per heavy atom. The summed E-state index contributed by atoms with van der Waals surface area (Å²) in [6, 6.07) is 13.8. The number of aromatic nitrogens is 1. The highest BCUT2D eigenvalue weighted by molar-refractivity contribution is 5.68. The zero-order valence-electron chi connectivity index (χ0n) is 16.3. The van der Waals surface area contributed by atoms with Crippen molar-refractivity contribution in [3.63, 3.8) is 0 Å². The van der Waals surface area contributed by atoms with Crippen molar-refractivity contribution in [2.24, 2.45) is 5.73 Å². The fourth-order valence-electron chi connectivity index (χ4n) is 3.07. The van der Waals surface area contributed by atoms with Gasteiger partial charge in [-0.15, -0.1) is 0 Å². The lowest BCUT2D eigenvalue weighted by molar-refractivity contribution is 0.0240. The van der Waals surface area contributed by atoms with E-state index in [4.69, 9.17) is 10.5 Å². The molecule has 1 fully saturated rings. The number of nitrogens with zero attached hydrogens (tertiary/aromatic N) is 3. The summed E-state index contributed by atoms with van der Waals surface area (Å²) in [5, 5.41) is 0. The normalized spacial score (nSPS) is 16.1. The quantitative estimate of drug-likeness (QED) is 0.901. The number of benzene rings is 1. The summed E-state index contributed by atoms with van der Waals surface area (Å²) in [6.45, 7) is 8.36. The molecule has 1 aliphatic rings. The van der Waals surface area contributed by atoms with E-state index in [0.717, 1.165) is 30.0 Å². The highest BCUT2D eigenvalue weighted by Gasteiger charge is 2.26. The lowest BCUT2D eigenvalue weighted by atomic mass is 10.0. The van der Waals surface area contributed by atoms with Crippen molar-refractivity contribution in [1.82, 2.24) is 9.88 Å². The van der Waals surface area contributed by atoms with E-state index in [1.54, 1.807) is 4.90 Å². The summed E-state index contributed by atoms with van der Waals surface area (Å²) in [5.41, 5.74) is 7.92. The molecule has 0 bridgehead atoms. The predicted molar refractivity (Wildman–Crippen MR) is 107 cm³/mol. The maximum Gasteiger partial charge on any atom is 0.410 e. The minimum absolute atomic E-state index is 0.184. The monoisotopic (exact) mass is 368 g/mol. The van der Waals surface area contributed by atoms with Gasteiger partial charge >= 0.3 is 6.09 Å². The van der Waals surface area contributed by atoms with Crippen molar-refractivity contribution in [2.75, 3.05) is 31.1 Å². The summed E-state index contributed by atoms with van der Waals surface area (Å²) >= 11 is 0. The molecule has 2 aromatic rings. The van der Waals surface area contributed by atoms with Crippen LogP contribution in [0.4, 0.5) is 10.6 Å². The smallest absolute Gasteiger partial charge is 0.410 e. The number of carbonyl (C=O) groups is 1. The topological polar surface area (TPSA) is 71.7 Å². The van der Waals surface area contributed by atoms with Crippen LogP contribution in [0.5, 0.6) is 0 Å². The Labute approximate surface area is 160 Å². The first-order chi connectivity index (χ1) is 12.8. The number of hydrogen-bond donors (Lipinski definition) is 1. The van der Waals surface area contributed by atoms with E-state index in [1.807, 2.05) is 69.4 Å². The number of carbonyl (C=O) groups excluding carboxylic acids is 1. The maximum atomic E-state index is 12.2. The molecule has 1 aromatic heterocycles. The molecule has 1 amide bonds. The number of amides is 1. The van der Waals surface area contributed by atoms with Gasteiger partial charge in [0.05, 0.1) is 6.04 Å². The van der Waals surface area contributed by atoms with E-state index in [0.29, 0.717) is 13.1 Å². The van der Waals surface area contributed by atoms with Gasteiger partial charge in [-0.1, -0.05) is 36.4 Å². The van der Waals surface area contributed by atoms with Crippen LogP contribution in [-0.2, 0) is 4.74 Å². The number of pyridine rings is 1. The first-order valence-corrected chi connectivity index (χ1v) is 9.33. The van der Waals surface area contributed by atoms with Crippen LogP contribution in [0.1, 0.15) is 37.9 Å². The Kier molecular flexibility index (Phi) is 5.65. The van der Waals surface area contributed by atoms with Gasteiger partial charge in [-0.2, -0.15) is 0 Å². The van der Waals surface area contributed by atoms with E-state index in [9.17, 15) is 4.79 Å². The summed E-state index contributed by atoms with van der Waals surface area (Å²) in [6.07, 6.45) is 1.59. The zero-order valence-corrected chi connectivity index (χ0v) is 16.3. The summed E-state index contributed by atoms with van der Waals surface area (Å²) in [5.74, 6) is 0.905. The highest BCUT2D eigenvalue weighted by Crippen LogP contribution is 2.21.